The Morgan fingerprint density at radius 1 is 1.42 bits per heavy atom. The van der Waals surface area contributed by atoms with E-state index in [9.17, 15) is 9.90 Å². The number of benzene rings is 1. The number of ether oxygens (including phenoxy) is 1. The summed E-state index contributed by atoms with van der Waals surface area (Å²) in [6, 6.07) is 7.05. The van der Waals surface area contributed by atoms with Gasteiger partial charge in [-0.05, 0) is 48.7 Å². The highest BCUT2D eigenvalue weighted by Crippen LogP contribution is 2.29. The van der Waals surface area contributed by atoms with E-state index in [-0.39, 0.29) is 23.6 Å². The van der Waals surface area contributed by atoms with E-state index in [0.717, 1.165) is 12.0 Å². The predicted octanol–water partition coefficient (Wildman–Crippen LogP) is 2.20. The maximum Gasteiger partial charge on any atom is 0.310 e. The van der Waals surface area contributed by atoms with Crippen LogP contribution in [0.3, 0.4) is 0 Å². The molecule has 5 heteroatoms. The second kappa shape index (κ2) is 6.26. The van der Waals surface area contributed by atoms with Crippen molar-refractivity contribution >= 4 is 17.7 Å². The first-order chi connectivity index (χ1) is 9.10. The molecule has 0 saturated carbocycles. The molecule has 0 aromatic heterocycles. The summed E-state index contributed by atoms with van der Waals surface area (Å²) < 4.78 is 6.74. The Morgan fingerprint density at radius 2 is 2.11 bits per heavy atom. The van der Waals surface area contributed by atoms with Gasteiger partial charge in [0.05, 0.1) is 12.5 Å². The Labute approximate surface area is 118 Å². The highest BCUT2D eigenvalue weighted by atomic mass is 35.5. The smallest absolute Gasteiger partial charge is 0.310 e. The monoisotopic (exact) mass is 283 g/mol. The maximum absolute atomic E-state index is 11.9. The van der Waals surface area contributed by atoms with E-state index < -0.39 is 0 Å². The number of phenols is 1. The first-order valence-electron chi connectivity index (χ1n) is 6.45. The van der Waals surface area contributed by atoms with Crippen LogP contribution in [0.4, 0.5) is 0 Å². The van der Waals surface area contributed by atoms with E-state index in [0.29, 0.717) is 19.7 Å². The quantitative estimate of drug-likeness (QED) is 0.680. The zero-order valence-electron chi connectivity index (χ0n) is 10.9. The van der Waals surface area contributed by atoms with Crippen molar-refractivity contribution in [3.05, 3.63) is 29.8 Å². The highest BCUT2D eigenvalue weighted by molar-refractivity contribution is 6.13. The van der Waals surface area contributed by atoms with Crippen molar-refractivity contribution in [2.24, 2.45) is 11.8 Å². The van der Waals surface area contributed by atoms with Crippen molar-refractivity contribution in [3.8, 4) is 5.75 Å². The number of nitrogens with zero attached hydrogens (tertiary/aromatic N) is 1. The fourth-order valence-corrected chi connectivity index (χ4v) is 2.80. The van der Waals surface area contributed by atoms with Crippen LogP contribution in [-0.2, 0) is 16.0 Å². The molecular formula is C14H18ClNO3. The summed E-state index contributed by atoms with van der Waals surface area (Å²) in [7, 11) is 0. The molecule has 1 aromatic rings. The predicted molar refractivity (Wildman–Crippen MR) is 72.8 cm³/mol. The molecule has 0 bridgehead atoms. The van der Waals surface area contributed by atoms with Crippen LogP contribution in [0.25, 0.3) is 0 Å². The molecule has 1 aliphatic heterocycles. The average Bonchev–Trinajstić information content (AvgIpc) is 2.74. The van der Waals surface area contributed by atoms with Crippen LogP contribution in [0.2, 0.25) is 0 Å². The van der Waals surface area contributed by atoms with Crippen molar-refractivity contribution in [2.45, 2.75) is 13.3 Å². The molecule has 0 spiro atoms. The fraction of sp³-hybridized carbons (Fsp3) is 0.500. The summed E-state index contributed by atoms with van der Waals surface area (Å²) in [5.74, 6) is 0.0536. The number of esters is 1. The minimum atomic E-state index is -0.175. The molecule has 1 heterocycles. The van der Waals surface area contributed by atoms with Gasteiger partial charge < -0.3 is 9.84 Å². The van der Waals surface area contributed by atoms with Crippen molar-refractivity contribution < 1.29 is 14.6 Å². The van der Waals surface area contributed by atoms with Gasteiger partial charge in [0.2, 0.25) is 0 Å². The standard InChI is InChI=1S/C14H18ClNO3/c1-2-19-14(18)13-9-16(15)8-11(13)7-10-3-5-12(17)6-4-10/h3-6,11,13,17H,2,7-9H2,1H3/t11-,13+/m1/s1. The molecule has 1 saturated heterocycles. The number of rotatable bonds is 4. The summed E-state index contributed by atoms with van der Waals surface area (Å²) in [6.45, 7) is 3.40. The van der Waals surface area contributed by atoms with Crippen molar-refractivity contribution in [1.82, 2.24) is 4.42 Å². The second-order valence-electron chi connectivity index (χ2n) is 4.82. The average molecular weight is 284 g/mol. The molecule has 0 radical (unpaired) electrons. The van der Waals surface area contributed by atoms with Gasteiger partial charge >= 0.3 is 5.97 Å². The summed E-state index contributed by atoms with van der Waals surface area (Å²) in [5.41, 5.74) is 1.09. The molecule has 1 aromatic carbocycles. The molecule has 2 atom stereocenters. The number of halogens is 1. The van der Waals surface area contributed by atoms with E-state index in [1.54, 1.807) is 23.5 Å². The van der Waals surface area contributed by atoms with Gasteiger partial charge in [-0.3, -0.25) is 4.79 Å². The first kappa shape index (κ1) is 14.2. The third-order valence-electron chi connectivity index (χ3n) is 3.42. The number of phenolic OH excluding ortho intramolecular Hbond substituents is 1. The molecule has 0 aliphatic carbocycles. The fourth-order valence-electron chi connectivity index (χ4n) is 2.48. The van der Waals surface area contributed by atoms with Crippen molar-refractivity contribution in [3.63, 3.8) is 0 Å². The summed E-state index contributed by atoms with van der Waals surface area (Å²) in [6.07, 6.45) is 0.757. The van der Waals surface area contributed by atoms with E-state index in [2.05, 4.69) is 0 Å². The van der Waals surface area contributed by atoms with Gasteiger partial charge in [0, 0.05) is 13.1 Å². The molecule has 1 N–H and O–H groups in total. The van der Waals surface area contributed by atoms with Crippen LogP contribution < -0.4 is 0 Å². The lowest BCUT2D eigenvalue weighted by Gasteiger charge is -2.16. The molecule has 19 heavy (non-hydrogen) atoms. The molecule has 0 amide bonds. The SMILES string of the molecule is CCOC(=O)[C@H]1CN(Cl)C[C@H]1Cc1ccc(O)cc1. The van der Waals surface area contributed by atoms with Crippen molar-refractivity contribution in [2.75, 3.05) is 19.7 Å². The van der Waals surface area contributed by atoms with E-state index in [4.69, 9.17) is 16.5 Å². The number of hydrogen-bond acceptors (Lipinski definition) is 4. The van der Waals surface area contributed by atoms with Gasteiger partial charge in [0.15, 0.2) is 0 Å². The number of aromatic hydroxyl groups is 1. The topological polar surface area (TPSA) is 49.8 Å². The lowest BCUT2D eigenvalue weighted by atomic mass is 9.90. The lowest BCUT2D eigenvalue weighted by molar-refractivity contribution is -0.148. The summed E-state index contributed by atoms with van der Waals surface area (Å²) in [5, 5.41) is 9.27. The zero-order valence-corrected chi connectivity index (χ0v) is 11.6. The second-order valence-corrected chi connectivity index (χ2v) is 5.30. The molecule has 0 unspecified atom stereocenters. The normalized spacial score (nSPS) is 23.5. The van der Waals surface area contributed by atoms with Gasteiger partial charge in [-0.2, -0.15) is 0 Å². The molecule has 4 nitrogen and oxygen atoms in total. The number of carbonyl (C=O) groups is 1. The van der Waals surface area contributed by atoms with E-state index in [1.165, 1.54) is 0 Å². The van der Waals surface area contributed by atoms with Crippen LogP contribution in [0.1, 0.15) is 12.5 Å². The van der Waals surface area contributed by atoms with Crippen LogP contribution in [-0.4, -0.2) is 35.2 Å². The van der Waals surface area contributed by atoms with E-state index in [1.807, 2.05) is 12.1 Å². The van der Waals surface area contributed by atoms with Crippen LogP contribution in [0, 0.1) is 11.8 Å². The largest absolute Gasteiger partial charge is 0.508 e. The van der Waals surface area contributed by atoms with Crippen LogP contribution in [0.15, 0.2) is 24.3 Å². The Hall–Kier alpha value is -1.26. The third kappa shape index (κ3) is 3.61. The maximum atomic E-state index is 11.9. The summed E-state index contributed by atoms with van der Waals surface area (Å²) in [4.78, 5) is 11.9. The highest BCUT2D eigenvalue weighted by Gasteiger charge is 2.37. The van der Waals surface area contributed by atoms with Gasteiger partial charge in [0.1, 0.15) is 5.75 Å². The molecule has 104 valence electrons. The van der Waals surface area contributed by atoms with Crippen LogP contribution in [0.5, 0.6) is 5.75 Å². The lowest BCUT2D eigenvalue weighted by Crippen LogP contribution is -2.26. The first-order valence-corrected chi connectivity index (χ1v) is 6.79. The van der Waals surface area contributed by atoms with Crippen molar-refractivity contribution in [1.29, 1.82) is 0 Å². The third-order valence-corrected chi connectivity index (χ3v) is 3.70. The summed E-state index contributed by atoms with van der Waals surface area (Å²) >= 11 is 6.02. The molecule has 1 aliphatic rings. The van der Waals surface area contributed by atoms with Crippen LogP contribution >= 0.6 is 11.8 Å². The van der Waals surface area contributed by atoms with E-state index >= 15 is 0 Å². The zero-order chi connectivity index (χ0) is 13.8. The Kier molecular flexibility index (Phi) is 4.66. The Morgan fingerprint density at radius 3 is 2.74 bits per heavy atom. The van der Waals surface area contributed by atoms with Gasteiger partial charge in [-0.15, -0.1) is 0 Å². The Bertz CT molecular complexity index is 435. The number of carbonyl (C=O) groups excluding carboxylic acids is 1. The van der Waals surface area contributed by atoms with Gasteiger partial charge in [-0.1, -0.05) is 12.1 Å². The molecule has 2 rings (SSSR count). The number of hydrogen-bond donors (Lipinski definition) is 1. The Balaban J connectivity index is 2.04. The molecule has 1 fully saturated rings. The minimum Gasteiger partial charge on any atom is -0.508 e. The molecular weight excluding hydrogens is 266 g/mol. The van der Waals surface area contributed by atoms with Gasteiger partial charge in [-0.25, -0.2) is 4.42 Å². The van der Waals surface area contributed by atoms with Gasteiger partial charge in [0.25, 0.3) is 0 Å². The minimum absolute atomic E-state index is 0.154.